The van der Waals surface area contributed by atoms with Gasteiger partial charge in [0.05, 0.1) is 0 Å². The maximum Gasteiger partial charge on any atom is 0.317 e. The summed E-state index contributed by atoms with van der Waals surface area (Å²) in [5.41, 5.74) is 2.27. The molecule has 0 aliphatic rings. The summed E-state index contributed by atoms with van der Waals surface area (Å²) in [5.74, 6) is -0.0428. The molecular formula is C23H32N4O2. The van der Waals surface area contributed by atoms with Gasteiger partial charge in [0.1, 0.15) is 0 Å². The van der Waals surface area contributed by atoms with Crippen molar-refractivity contribution in [3.63, 3.8) is 0 Å². The summed E-state index contributed by atoms with van der Waals surface area (Å²) in [7, 11) is 1.74. The standard InChI is InChI=1S/C23H32N4O2/c1-3-27(21-13-8-5-9-14-21)18-10-16-24-22(28)15-17-25-23(29)26(2)19-20-11-6-4-7-12-20/h4-9,11-14H,3,10,15-19H2,1-2H3,(H,24,28)(H,25,29). The van der Waals surface area contributed by atoms with Crippen molar-refractivity contribution in [1.82, 2.24) is 15.5 Å². The quantitative estimate of drug-likeness (QED) is 0.573. The lowest BCUT2D eigenvalue weighted by atomic mass is 10.2. The van der Waals surface area contributed by atoms with E-state index < -0.39 is 0 Å². The highest BCUT2D eigenvalue weighted by Gasteiger charge is 2.09. The Morgan fingerprint density at radius 1 is 0.897 bits per heavy atom. The van der Waals surface area contributed by atoms with Crippen LogP contribution in [-0.4, -0.2) is 50.1 Å². The molecule has 0 fully saturated rings. The van der Waals surface area contributed by atoms with E-state index in [0.717, 1.165) is 25.1 Å². The van der Waals surface area contributed by atoms with Crippen molar-refractivity contribution in [1.29, 1.82) is 0 Å². The lowest BCUT2D eigenvalue weighted by molar-refractivity contribution is -0.120. The molecule has 0 saturated heterocycles. The summed E-state index contributed by atoms with van der Waals surface area (Å²) in [6.45, 7) is 5.44. The number of urea groups is 1. The second-order valence-corrected chi connectivity index (χ2v) is 6.94. The molecule has 2 aromatic carbocycles. The zero-order chi connectivity index (χ0) is 20.9. The largest absolute Gasteiger partial charge is 0.372 e. The molecule has 3 amide bonds. The first-order valence-corrected chi connectivity index (χ1v) is 10.2. The average molecular weight is 397 g/mol. The van der Waals surface area contributed by atoms with Crippen molar-refractivity contribution < 1.29 is 9.59 Å². The van der Waals surface area contributed by atoms with Gasteiger partial charge in [-0.25, -0.2) is 4.79 Å². The molecule has 0 aromatic heterocycles. The van der Waals surface area contributed by atoms with E-state index in [2.05, 4.69) is 34.6 Å². The Bertz CT molecular complexity index is 737. The molecule has 6 heteroatoms. The number of nitrogens with zero attached hydrogens (tertiary/aromatic N) is 2. The first-order chi connectivity index (χ1) is 14.1. The minimum absolute atomic E-state index is 0.0428. The number of carbonyl (C=O) groups is 2. The fourth-order valence-corrected chi connectivity index (χ4v) is 3.04. The maximum atomic E-state index is 12.1. The number of benzene rings is 2. The molecule has 0 unspecified atom stereocenters. The van der Waals surface area contributed by atoms with Crippen LogP contribution in [0.25, 0.3) is 0 Å². The van der Waals surface area contributed by atoms with Crippen LogP contribution < -0.4 is 15.5 Å². The monoisotopic (exact) mass is 396 g/mol. The molecule has 29 heavy (non-hydrogen) atoms. The third-order valence-electron chi connectivity index (χ3n) is 4.67. The van der Waals surface area contributed by atoms with Crippen LogP contribution in [0.3, 0.4) is 0 Å². The molecule has 0 heterocycles. The highest BCUT2D eigenvalue weighted by molar-refractivity contribution is 5.78. The van der Waals surface area contributed by atoms with E-state index in [-0.39, 0.29) is 18.4 Å². The zero-order valence-electron chi connectivity index (χ0n) is 17.4. The van der Waals surface area contributed by atoms with Crippen molar-refractivity contribution in [2.24, 2.45) is 0 Å². The minimum Gasteiger partial charge on any atom is -0.372 e. The van der Waals surface area contributed by atoms with Crippen molar-refractivity contribution in [3.05, 3.63) is 66.2 Å². The molecule has 0 atom stereocenters. The number of amides is 3. The molecule has 2 N–H and O–H groups in total. The number of nitrogens with one attached hydrogen (secondary N) is 2. The fraction of sp³-hybridized carbons (Fsp3) is 0.391. The summed E-state index contributed by atoms with van der Waals surface area (Å²) in [6.07, 6.45) is 1.15. The van der Waals surface area contributed by atoms with Gasteiger partial charge >= 0.3 is 6.03 Å². The molecule has 0 aliphatic heterocycles. The van der Waals surface area contributed by atoms with Gasteiger partial charge in [-0.05, 0) is 31.0 Å². The molecule has 2 rings (SSSR count). The third kappa shape index (κ3) is 8.25. The van der Waals surface area contributed by atoms with Gasteiger partial charge in [-0.3, -0.25) is 4.79 Å². The molecule has 6 nitrogen and oxygen atoms in total. The third-order valence-corrected chi connectivity index (χ3v) is 4.67. The van der Waals surface area contributed by atoms with Crippen molar-refractivity contribution in [3.8, 4) is 0 Å². The van der Waals surface area contributed by atoms with Gasteiger partial charge in [-0.15, -0.1) is 0 Å². The number of hydrogen-bond acceptors (Lipinski definition) is 3. The molecule has 0 saturated carbocycles. The van der Waals surface area contributed by atoms with Crippen molar-refractivity contribution in [2.45, 2.75) is 26.3 Å². The first kappa shape index (κ1) is 22.3. The van der Waals surface area contributed by atoms with Crippen LogP contribution in [0.5, 0.6) is 0 Å². The fourth-order valence-electron chi connectivity index (χ4n) is 3.04. The van der Waals surface area contributed by atoms with Crippen LogP contribution in [0, 0.1) is 0 Å². The smallest absolute Gasteiger partial charge is 0.317 e. The summed E-state index contributed by atoms with van der Waals surface area (Å²) in [4.78, 5) is 28.0. The zero-order valence-corrected chi connectivity index (χ0v) is 17.4. The van der Waals surface area contributed by atoms with E-state index in [1.54, 1.807) is 11.9 Å². The lowest BCUT2D eigenvalue weighted by Gasteiger charge is -2.23. The molecule has 0 radical (unpaired) electrons. The maximum absolute atomic E-state index is 12.1. The van der Waals surface area contributed by atoms with E-state index in [9.17, 15) is 9.59 Å². The molecule has 156 valence electrons. The van der Waals surface area contributed by atoms with Gasteiger partial charge in [0.2, 0.25) is 5.91 Å². The van der Waals surface area contributed by atoms with Gasteiger partial charge in [-0.2, -0.15) is 0 Å². The van der Waals surface area contributed by atoms with Gasteiger partial charge in [0.15, 0.2) is 0 Å². The highest BCUT2D eigenvalue weighted by atomic mass is 16.2. The Balaban J connectivity index is 1.58. The molecule has 0 spiro atoms. The Hall–Kier alpha value is -3.02. The first-order valence-electron chi connectivity index (χ1n) is 10.2. The Morgan fingerprint density at radius 3 is 2.21 bits per heavy atom. The average Bonchev–Trinajstić information content (AvgIpc) is 2.75. The summed E-state index contributed by atoms with van der Waals surface area (Å²) in [5, 5.41) is 5.72. The normalized spacial score (nSPS) is 10.3. The van der Waals surface area contributed by atoms with Gasteiger partial charge in [0.25, 0.3) is 0 Å². The summed E-state index contributed by atoms with van der Waals surface area (Å²) in [6, 6.07) is 19.9. The van der Waals surface area contributed by atoms with E-state index in [4.69, 9.17) is 0 Å². The van der Waals surface area contributed by atoms with E-state index in [0.29, 0.717) is 19.6 Å². The summed E-state index contributed by atoms with van der Waals surface area (Å²) >= 11 is 0. The van der Waals surface area contributed by atoms with E-state index >= 15 is 0 Å². The Kier molecular flexibility index (Phi) is 9.55. The minimum atomic E-state index is -0.178. The van der Waals surface area contributed by atoms with Crippen LogP contribution in [0.1, 0.15) is 25.3 Å². The number of anilines is 1. The second-order valence-electron chi connectivity index (χ2n) is 6.94. The number of hydrogen-bond donors (Lipinski definition) is 2. The van der Waals surface area contributed by atoms with Crippen molar-refractivity contribution in [2.75, 3.05) is 38.1 Å². The van der Waals surface area contributed by atoms with E-state index in [1.165, 1.54) is 5.69 Å². The topological polar surface area (TPSA) is 64.7 Å². The van der Waals surface area contributed by atoms with Crippen LogP contribution in [-0.2, 0) is 11.3 Å². The lowest BCUT2D eigenvalue weighted by Crippen LogP contribution is -2.39. The van der Waals surface area contributed by atoms with Gasteiger partial charge in [0, 0.05) is 51.9 Å². The van der Waals surface area contributed by atoms with Crippen LogP contribution >= 0.6 is 0 Å². The van der Waals surface area contributed by atoms with Gasteiger partial charge in [-0.1, -0.05) is 48.5 Å². The predicted molar refractivity (Wildman–Crippen MR) is 118 cm³/mol. The highest BCUT2D eigenvalue weighted by Crippen LogP contribution is 2.12. The second kappa shape index (κ2) is 12.4. The predicted octanol–water partition coefficient (Wildman–Crippen LogP) is 3.25. The van der Waals surface area contributed by atoms with Gasteiger partial charge < -0.3 is 20.4 Å². The Morgan fingerprint density at radius 2 is 1.55 bits per heavy atom. The molecule has 0 bridgehead atoms. The van der Waals surface area contributed by atoms with E-state index in [1.807, 2.05) is 48.5 Å². The summed E-state index contributed by atoms with van der Waals surface area (Å²) < 4.78 is 0. The molecule has 2 aromatic rings. The number of carbonyl (C=O) groups excluding carboxylic acids is 2. The Labute approximate surface area is 173 Å². The van der Waals surface area contributed by atoms with Crippen LogP contribution in [0.4, 0.5) is 10.5 Å². The molecular weight excluding hydrogens is 364 g/mol. The van der Waals surface area contributed by atoms with Crippen LogP contribution in [0.15, 0.2) is 60.7 Å². The van der Waals surface area contributed by atoms with Crippen molar-refractivity contribution >= 4 is 17.6 Å². The SMILES string of the molecule is CCN(CCCNC(=O)CCNC(=O)N(C)Cc1ccccc1)c1ccccc1. The number of para-hydroxylation sites is 1. The molecule has 0 aliphatic carbocycles. The number of rotatable bonds is 11. The van der Waals surface area contributed by atoms with Crippen LogP contribution in [0.2, 0.25) is 0 Å².